The Balaban J connectivity index is 2.34. The van der Waals surface area contributed by atoms with Gasteiger partial charge in [-0.15, -0.1) is 0 Å². The first kappa shape index (κ1) is 20.1. The summed E-state index contributed by atoms with van der Waals surface area (Å²) in [6.07, 6.45) is 8.57. The van der Waals surface area contributed by atoms with Crippen molar-refractivity contribution in [2.75, 3.05) is 5.75 Å². The van der Waals surface area contributed by atoms with Gasteiger partial charge in [-0.3, -0.25) is 10.1 Å². The van der Waals surface area contributed by atoms with Gasteiger partial charge >= 0.3 is 0 Å². The molecular formula is C16H25N3O4S. The fraction of sp³-hybridized carbons (Fsp3) is 0.562. The minimum absolute atomic E-state index is 0.0348. The summed E-state index contributed by atoms with van der Waals surface area (Å²) in [6.45, 7) is 2.16. The monoisotopic (exact) mass is 355 g/mol. The average Bonchev–Trinajstić information content (AvgIpc) is 2.54. The molecule has 7 nitrogen and oxygen atoms in total. The van der Waals surface area contributed by atoms with Gasteiger partial charge in [0.2, 0.25) is 10.0 Å². The predicted octanol–water partition coefficient (Wildman–Crippen LogP) is 3.60. The van der Waals surface area contributed by atoms with Gasteiger partial charge in [0.25, 0.3) is 5.69 Å². The van der Waals surface area contributed by atoms with E-state index in [1.54, 1.807) is 6.07 Å². The molecule has 0 radical (unpaired) electrons. The highest BCUT2D eigenvalue weighted by Gasteiger charge is 2.08. The number of benzene rings is 1. The third kappa shape index (κ3) is 8.61. The van der Waals surface area contributed by atoms with Crippen molar-refractivity contribution >= 4 is 21.9 Å². The number of nitrogens with one attached hydrogen (secondary N) is 1. The number of nitro groups is 1. The molecule has 0 fully saturated rings. The lowest BCUT2D eigenvalue weighted by Gasteiger charge is -2.03. The quantitative estimate of drug-likeness (QED) is 0.268. The van der Waals surface area contributed by atoms with Gasteiger partial charge in [0.1, 0.15) is 0 Å². The van der Waals surface area contributed by atoms with E-state index < -0.39 is 14.9 Å². The maximum atomic E-state index is 11.8. The Morgan fingerprint density at radius 1 is 1.17 bits per heavy atom. The summed E-state index contributed by atoms with van der Waals surface area (Å²) < 4.78 is 23.6. The number of sulfonamides is 1. The summed E-state index contributed by atoms with van der Waals surface area (Å²) in [4.78, 5) is 12.3. The van der Waals surface area contributed by atoms with Crippen LogP contribution >= 0.6 is 0 Å². The van der Waals surface area contributed by atoms with Crippen molar-refractivity contribution in [3.8, 4) is 0 Å². The number of unbranched alkanes of at least 4 members (excludes halogenated alkanes) is 6. The molecule has 0 saturated heterocycles. The first-order chi connectivity index (χ1) is 11.4. The number of non-ortho nitro benzene ring substituents is 1. The lowest BCUT2D eigenvalue weighted by Crippen LogP contribution is -2.21. The zero-order valence-electron chi connectivity index (χ0n) is 14.0. The SMILES string of the molecule is CCCCCCCCCS(=O)(=O)N/N=C\c1cccc([N+](=O)[O-])c1. The highest BCUT2D eigenvalue weighted by atomic mass is 32.2. The second-order valence-electron chi connectivity index (χ2n) is 5.64. The van der Waals surface area contributed by atoms with Crippen LogP contribution in [-0.2, 0) is 10.0 Å². The van der Waals surface area contributed by atoms with Crippen molar-refractivity contribution in [1.82, 2.24) is 4.83 Å². The van der Waals surface area contributed by atoms with Crippen LogP contribution in [0.15, 0.2) is 29.4 Å². The molecule has 0 saturated carbocycles. The van der Waals surface area contributed by atoms with Crippen LogP contribution in [0.25, 0.3) is 0 Å². The van der Waals surface area contributed by atoms with E-state index in [0.29, 0.717) is 12.0 Å². The van der Waals surface area contributed by atoms with Gasteiger partial charge in [0.15, 0.2) is 0 Å². The minimum atomic E-state index is -3.46. The molecule has 0 aromatic heterocycles. The molecule has 1 aromatic carbocycles. The second kappa shape index (κ2) is 10.7. The summed E-state index contributed by atoms with van der Waals surface area (Å²) in [6, 6.07) is 5.82. The largest absolute Gasteiger partial charge is 0.270 e. The Morgan fingerprint density at radius 3 is 2.50 bits per heavy atom. The number of rotatable bonds is 12. The van der Waals surface area contributed by atoms with Crippen LogP contribution in [0.1, 0.15) is 57.4 Å². The highest BCUT2D eigenvalue weighted by Crippen LogP contribution is 2.11. The summed E-state index contributed by atoms with van der Waals surface area (Å²) >= 11 is 0. The van der Waals surface area contributed by atoms with E-state index in [-0.39, 0.29) is 11.4 Å². The van der Waals surface area contributed by atoms with Crippen molar-refractivity contribution in [3.05, 3.63) is 39.9 Å². The first-order valence-corrected chi connectivity index (χ1v) is 9.87. The molecule has 134 valence electrons. The summed E-state index contributed by atoms with van der Waals surface area (Å²) in [5.41, 5.74) is 0.396. The van der Waals surface area contributed by atoms with E-state index >= 15 is 0 Å². The molecule has 0 heterocycles. The van der Waals surface area contributed by atoms with Gasteiger partial charge < -0.3 is 0 Å². The standard InChI is InChI=1S/C16H25N3O4S/c1-2-3-4-5-6-7-8-12-24(22,23)18-17-14-15-10-9-11-16(13-15)19(20)21/h9-11,13-14,18H,2-8,12H2,1H3/b17-14-. The maximum Gasteiger partial charge on any atom is 0.270 e. The predicted molar refractivity (Wildman–Crippen MR) is 95.6 cm³/mol. The lowest BCUT2D eigenvalue weighted by atomic mass is 10.1. The summed E-state index contributed by atoms with van der Waals surface area (Å²) in [5, 5.41) is 14.3. The number of hydrogen-bond donors (Lipinski definition) is 1. The van der Waals surface area contributed by atoms with E-state index in [9.17, 15) is 18.5 Å². The van der Waals surface area contributed by atoms with E-state index in [2.05, 4.69) is 16.9 Å². The molecule has 0 spiro atoms. The van der Waals surface area contributed by atoms with Crippen molar-refractivity contribution in [2.45, 2.75) is 51.9 Å². The van der Waals surface area contributed by atoms with Crippen LogP contribution in [0, 0.1) is 10.1 Å². The third-order valence-corrected chi connectivity index (χ3v) is 4.71. The first-order valence-electron chi connectivity index (χ1n) is 8.21. The van der Waals surface area contributed by atoms with Crippen LogP contribution in [0.5, 0.6) is 0 Å². The lowest BCUT2D eigenvalue weighted by molar-refractivity contribution is -0.384. The van der Waals surface area contributed by atoms with Crippen molar-refractivity contribution in [3.63, 3.8) is 0 Å². The van der Waals surface area contributed by atoms with Crippen molar-refractivity contribution < 1.29 is 13.3 Å². The van der Waals surface area contributed by atoms with Crippen LogP contribution in [0.2, 0.25) is 0 Å². The minimum Gasteiger partial charge on any atom is -0.258 e. The van der Waals surface area contributed by atoms with Gasteiger partial charge in [0, 0.05) is 17.7 Å². The molecule has 0 amide bonds. The maximum absolute atomic E-state index is 11.8. The number of hydrazone groups is 1. The van der Waals surface area contributed by atoms with E-state index in [4.69, 9.17) is 0 Å². The van der Waals surface area contributed by atoms with Crippen LogP contribution in [0.4, 0.5) is 5.69 Å². The van der Waals surface area contributed by atoms with Crippen molar-refractivity contribution in [2.24, 2.45) is 5.10 Å². The average molecular weight is 355 g/mol. The zero-order chi connectivity index (χ0) is 17.8. The van der Waals surface area contributed by atoms with Gasteiger partial charge in [-0.1, -0.05) is 57.6 Å². The number of hydrogen-bond acceptors (Lipinski definition) is 5. The summed E-state index contributed by atoms with van der Waals surface area (Å²) in [7, 11) is -3.46. The van der Waals surface area contributed by atoms with Crippen LogP contribution < -0.4 is 4.83 Å². The van der Waals surface area contributed by atoms with Crippen molar-refractivity contribution in [1.29, 1.82) is 0 Å². The molecule has 8 heteroatoms. The molecular weight excluding hydrogens is 330 g/mol. The smallest absolute Gasteiger partial charge is 0.258 e. The van der Waals surface area contributed by atoms with Gasteiger partial charge in [-0.2, -0.15) is 5.10 Å². The Morgan fingerprint density at radius 2 is 1.83 bits per heavy atom. The Bertz CT molecular complexity index is 644. The molecule has 0 aliphatic rings. The molecule has 0 atom stereocenters. The van der Waals surface area contributed by atoms with E-state index in [0.717, 1.165) is 19.3 Å². The fourth-order valence-corrected chi connectivity index (χ4v) is 3.08. The van der Waals surface area contributed by atoms with Crippen LogP contribution in [0.3, 0.4) is 0 Å². The molecule has 0 aliphatic carbocycles. The van der Waals surface area contributed by atoms with E-state index in [1.807, 2.05) is 0 Å². The second-order valence-corrected chi connectivity index (χ2v) is 7.46. The summed E-state index contributed by atoms with van der Waals surface area (Å²) in [5.74, 6) is 0.0348. The van der Waals surface area contributed by atoms with Crippen LogP contribution in [-0.4, -0.2) is 25.3 Å². The molecule has 0 bridgehead atoms. The van der Waals surface area contributed by atoms with Gasteiger partial charge in [-0.05, 0) is 6.42 Å². The van der Waals surface area contributed by atoms with Gasteiger partial charge in [0.05, 0.1) is 16.9 Å². The molecule has 24 heavy (non-hydrogen) atoms. The number of nitrogens with zero attached hydrogens (tertiary/aromatic N) is 2. The fourth-order valence-electron chi connectivity index (χ4n) is 2.19. The Hall–Kier alpha value is -1.96. The van der Waals surface area contributed by atoms with Gasteiger partial charge in [-0.25, -0.2) is 13.2 Å². The molecule has 0 aliphatic heterocycles. The van der Waals surface area contributed by atoms with E-state index in [1.165, 1.54) is 43.7 Å². The molecule has 1 rings (SSSR count). The number of nitro benzene ring substituents is 1. The Kier molecular flexibility index (Phi) is 8.99. The normalized spacial score (nSPS) is 11.7. The highest BCUT2D eigenvalue weighted by molar-refractivity contribution is 7.89. The topological polar surface area (TPSA) is 102 Å². The molecule has 1 aromatic rings. The zero-order valence-corrected chi connectivity index (χ0v) is 14.8. The molecule has 0 unspecified atom stereocenters. The third-order valence-electron chi connectivity index (χ3n) is 3.50. The Labute approximate surface area is 143 Å². The molecule has 1 N–H and O–H groups in total.